The molecule has 90 valence electrons. The van der Waals surface area contributed by atoms with Crippen molar-refractivity contribution in [2.24, 2.45) is 0 Å². The fourth-order valence-electron chi connectivity index (χ4n) is 1.00. The van der Waals surface area contributed by atoms with Crippen LogP contribution in [0.1, 0.15) is 10.4 Å². The molecule has 0 fully saturated rings. The highest BCUT2D eigenvalue weighted by Gasteiger charge is 2.07. The summed E-state index contributed by atoms with van der Waals surface area (Å²) < 4.78 is 0.927. The molecular weight excluding hydrogens is 302 g/mol. The van der Waals surface area contributed by atoms with E-state index < -0.39 is 0 Å². The number of hydrogen-bond acceptors (Lipinski definition) is 1. The minimum atomic E-state index is -0.232. The van der Waals surface area contributed by atoms with Crippen molar-refractivity contribution in [2.75, 3.05) is 6.54 Å². The molecule has 0 spiro atoms. The Hall–Kier alpha value is -1.27. The Balaban J connectivity index is 2.50. The standard InChI is InChI=1S/C11H12BrN3OS/c1-2-7-13-11(17)15-14-10(16)8-3-5-9(12)6-4-8/h2-6H,1,7H2,(H,14,16)(H2,13,15,17)/p+1. The van der Waals surface area contributed by atoms with Crippen LogP contribution in [-0.2, 0) is 0 Å². The number of thiol groups is 1. The predicted molar refractivity (Wildman–Crippen MR) is 74.8 cm³/mol. The summed E-state index contributed by atoms with van der Waals surface area (Å²) in [6, 6.07) is 7.04. The van der Waals surface area contributed by atoms with E-state index in [-0.39, 0.29) is 5.91 Å². The number of carbonyl (C=O) groups is 1. The van der Waals surface area contributed by atoms with Crippen molar-refractivity contribution in [3.8, 4) is 0 Å². The summed E-state index contributed by atoms with van der Waals surface area (Å²) in [5.74, 6) is -0.232. The van der Waals surface area contributed by atoms with Gasteiger partial charge in [-0.15, -0.1) is 0 Å². The van der Waals surface area contributed by atoms with Gasteiger partial charge in [0.1, 0.15) is 6.54 Å². The van der Waals surface area contributed by atoms with Crippen molar-refractivity contribution in [1.82, 2.24) is 10.9 Å². The van der Waals surface area contributed by atoms with Gasteiger partial charge in [-0.3, -0.25) is 9.79 Å². The van der Waals surface area contributed by atoms with E-state index in [9.17, 15) is 4.79 Å². The smallest absolute Gasteiger partial charge is 0.266 e. The van der Waals surface area contributed by atoms with Gasteiger partial charge in [0.15, 0.2) is 0 Å². The number of hydrogen-bond donors (Lipinski definition) is 4. The Bertz CT molecular complexity index is 431. The van der Waals surface area contributed by atoms with Crippen LogP contribution in [0.5, 0.6) is 0 Å². The third-order valence-corrected chi connectivity index (χ3v) is 2.61. The minimum Gasteiger partial charge on any atom is -0.266 e. The SMILES string of the molecule is C=CC[NH+]=C(S)NNC(=O)c1ccc(Br)cc1. The highest BCUT2D eigenvalue weighted by atomic mass is 79.9. The Kier molecular flexibility index (Phi) is 5.79. The topological polar surface area (TPSA) is 55.1 Å². The zero-order chi connectivity index (χ0) is 12.7. The van der Waals surface area contributed by atoms with E-state index in [1.165, 1.54) is 0 Å². The van der Waals surface area contributed by atoms with Crippen LogP contribution in [0.25, 0.3) is 0 Å². The molecular formula is C11H13BrN3OS+. The zero-order valence-corrected chi connectivity index (χ0v) is 11.5. The molecule has 4 nitrogen and oxygen atoms in total. The maximum Gasteiger partial charge on any atom is 0.324 e. The van der Waals surface area contributed by atoms with Gasteiger partial charge in [0, 0.05) is 10.0 Å². The minimum absolute atomic E-state index is 0.232. The van der Waals surface area contributed by atoms with Gasteiger partial charge in [-0.05, 0) is 24.3 Å². The van der Waals surface area contributed by atoms with Gasteiger partial charge in [-0.2, -0.15) is 10.9 Å². The second-order valence-electron chi connectivity index (χ2n) is 3.10. The summed E-state index contributed by atoms with van der Waals surface area (Å²) in [5.41, 5.74) is 5.71. The molecule has 0 aliphatic heterocycles. The van der Waals surface area contributed by atoms with Crippen LogP contribution in [0.2, 0.25) is 0 Å². The molecule has 6 heteroatoms. The second-order valence-corrected chi connectivity index (χ2v) is 4.47. The van der Waals surface area contributed by atoms with Crippen molar-refractivity contribution in [3.05, 3.63) is 47.0 Å². The lowest BCUT2D eigenvalue weighted by Gasteiger charge is -2.01. The summed E-state index contributed by atoms with van der Waals surface area (Å²) in [5, 5.41) is 0.454. The first-order valence-corrected chi connectivity index (χ1v) is 6.10. The summed E-state index contributed by atoms with van der Waals surface area (Å²) in [6.07, 6.45) is 1.69. The number of amidine groups is 1. The van der Waals surface area contributed by atoms with Crippen LogP contribution in [0.15, 0.2) is 41.4 Å². The van der Waals surface area contributed by atoms with E-state index in [1.54, 1.807) is 30.3 Å². The number of halogens is 1. The Labute approximate surface area is 114 Å². The summed E-state index contributed by atoms with van der Waals surface area (Å²) in [6.45, 7) is 4.12. The van der Waals surface area contributed by atoms with Crippen molar-refractivity contribution in [3.63, 3.8) is 0 Å². The molecule has 1 aromatic rings. The maximum atomic E-state index is 11.7. The van der Waals surface area contributed by atoms with Gasteiger partial charge in [0.2, 0.25) is 0 Å². The first-order chi connectivity index (χ1) is 8.13. The first kappa shape index (κ1) is 13.8. The Morgan fingerprint density at radius 1 is 1.41 bits per heavy atom. The number of amides is 1. The number of benzene rings is 1. The monoisotopic (exact) mass is 314 g/mol. The number of nitrogens with one attached hydrogen (secondary N) is 3. The number of hydrazine groups is 1. The average molecular weight is 315 g/mol. The molecule has 1 amide bonds. The maximum absolute atomic E-state index is 11.7. The van der Waals surface area contributed by atoms with Crippen LogP contribution in [0.3, 0.4) is 0 Å². The van der Waals surface area contributed by atoms with Crippen molar-refractivity contribution < 1.29 is 9.79 Å². The van der Waals surface area contributed by atoms with Crippen LogP contribution in [0.4, 0.5) is 0 Å². The largest absolute Gasteiger partial charge is 0.324 e. The molecule has 0 aliphatic rings. The molecule has 0 atom stereocenters. The lowest BCUT2D eigenvalue weighted by molar-refractivity contribution is -0.443. The molecule has 0 aromatic heterocycles. The zero-order valence-electron chi connectivity index (χ0n) is 9.03. The molecule has 0 heterocycles. The van der Waals surface area contributed by atoms with Crippen molar-refractivity contribution in [2.45, 2.75) is 0 Å². The molecule has 1 rings (SSSR count). The molecule has 3 N–H and O–H groups in total. The number of carbonyl (C=O) groups excluding carboxylic acids is 1. The van der Waals surface area contributed by atoms with Crippen LogP contribution < -0.4 is 15.8 Å². The molecule has 0 bridgehead atoms. The van der Waals surface area contributed by atoms with Gasteiger partial charge in [-0.25, -0.2) is 0 Å². The highest BCUT2D eigenvalue weighted by molar-refractivity contribution is 9.10. The van der Waals surface area contributed by atoms with Crippen molar-refractivity contribution >= 4 is 39.6 Å². The van der Waals surface area contributed by atoms with Gasteiger partial charge >= 0.3 is 5.17 Å². The number of rotatable bonds is 3. The Morgan fingerprint density at radius 3 is 2.65 bits per heavy atom. The predicted octanol–water partition coefficient (Wildman–Crippen LogP) is 0.236. The second kappa shape index (κ2) is 7.13. The molecule has 0 saturated heterocycles. The highest BCUT2D eigenvalue weighted by Crippen LogP contribution is 2.09. The van der Waals surface area contributed by atoms with Crippen LogP contribution in [-0.4, -0.2) is 17.6 Å². The van der Waals surface area contributed by atoms with E-state index in [1.807, 2.05) is 0 Å². The normalized spacial score (nSPS) is 10.8. The van der Waals surface area contributed by atoms with E-state index in [2.05, 4.69) is 51.0 Å². The van der Waals surface area contributed by atoms with E-state index in [0.717, 1.165) is 4.47 Å². The van der Waals surface area contributed by atoms with Crippen molar-refractivity contribution in [1.29, 1.82) is 0 Å². The third-order valence-electron chi connectivity index (χ3n) is 1.81. The molecule has 17 heavy (non-hydrogen) atoms. The quantitative estimate of drug-likeness (QED) is 0.212. The first-order valence-electron chi connectivity index (χ1n) is 4.86. The van der Waals surface area contributed by atoms with E-state index in [0.29, 0.717) is 17.3 Å². The summed E-state index contributed by atoms with van der Waals surface area (Å²) >= 11 is 7.39. The lowest BCUT2D eigenvalue weighted by atomic mass is 10.2. The van der Waals surface area contributed by atoms with Crippen LogP contribution in [0, 0.1) is 0 Å². The van der Waals surface area contributed by atoms with E-state index >= 15 is 0 Å². The molecule has 0 saturated carbocycles. The third kappa shape index (κ3) is 5.06. The fourth-order valence-corrected chi connectivity index (χ4v) is 1.41. The van der Waals surface area contributed by atoms with E-state index in [4.69, 9.17) is 0 Å². The average Bonchev–Trinajstić information content (AvgIpc) is 2.34. The fraction of sp³-hybridized carbons (Fsp3) is 0.0909. The summed E-state index contributed by atoms with van der Waals surface area (Å²) in [7, 11) is 0. The van der Waals surface area contributed by atoms with Crippen LogP contribution >= 0.6 is 28.6 Å². The van der Waals surface area contributed by atoms with Gasteiger partial charge < -0.3 is 0 Å². The molecule has 0 aliphatic carbocycles. The lowest BCUT2D eigenvalue weighted by Crippen LogP contribution is -2.75. The Morgan fingerprint density at radius 2 is 2.06 bits per heavy atom. The van der Waals surface area contributed by atoms with Gasteiger partial charge in [-0.1, -0.05) is 41.2 Å². The van der Waals surface area contributed by atoms with Gasteiger partial charge in [0.25, 0.3) is 5.91 Å². The molecule has 1 aromatic carbocycles. The molecule has 0 unspecified atom stereocenters. The van der Waals surface area contributed by atoms with Gasteiger partial charge in [0.05, 0.1) is 0 Å². The molecule has 0 radical (unpaired) electrons. The summed E-state index contributed by atoms with van der Waals surface area (Å²) in [4.78, 5) is 14.5.